The van der Waals surface area contributed by atoms with Gasteiger partial charge in [-0.2, -0.15) is 0 Å². The quantitative estimate of drug-likeness (QED) is 0.520. The molecule has 3 nitrogen and oxygen atoms in total. The third-order valence-corrected chi connectivity index (χ3v) is 2.24. The van der Waals surface area contributed by atoms with E-state index in [0.29, 0.717) is 9.94 Å². The molecule has 1 heterocycles. The van der Waals surface area contributed by atoms with Crippen LogP contribution < -0.4 is 4.74 Å². The van der Waals surface area contributed by atoms with E-state index in [1.54, 1.807) is 12.1 Å². The molecule has 0 radical (unpaired) electrons. The van der Waals surface area contributed by atoms with Gasteiger partial charge in [0.1, 0.15) is 0 Å². The van der Waals surface area contributed by atoms with Crippen molar-refractivity contribution in [3.63, 3.8) is 0 Å². The van der Waals surface area contributed by atoms with E-state index in [-0.39, 0.29) is 11.8 Å². The van der Waals surface area contributed by atoms with Gasteiger partial charge in [-0.1, -0.05) is 11.3 Å². The van der Waals surface area contributed by atoms with E-state index in [0.717, 1.165) is 0 Å². The normalized spacial score (nSPS) is 9.50. The summed E-state index contributed by atoms with van der Waals surface area (Å²) in [7, 11) is 0. The fraction of sp³-hybridized carbons (Fsp3) is 0.250. The molecule has 0 spiro atoms. The van der Waals surface area contributed by atoms with E-state index in [9.17, 15) is 9.59 Å². The average molecular weight is 184 g/mol. The molecule has 12 heavy (non-hydrogen) atoms. The Morgan fingerprint density at radius 3 is 2.42 bits per heavy atom. The van der Waals surface area contributed by atoms with Crippen molar-refractivity contribution in [2.45, 2.75) is 13.8 Å². The van der Waals surface area contributed by atoms with Crippen molar-refractivity contribution in [3.8, 4) is 5.06 Å². The lowest BCUT2D eigenvalue weighted by Gasteiger charge is -1.92. The number of carbonyl (C=O) groups is 2. The zero-order valence-corrected chi connectivity index (χ0v) is 7.60. The first-order valence-electron chi connectivity index (χ1n) is 3.39. The van der Waals surface area contributed by atoms with Crippen molar-refractivity contribution in [2.24, 2.45) is 0 Å². The smallest absolute Gasteiger partial charge is 0.308 e. The van der Waals surface area contributed by atoms with Gasteiger partial charge < -0.3 is 4.74 Å². The Morgan fingerprint density at radius 2 is 2.00 bits per heavy atom. The number of ether oxygens (including phenoxy) is 1. The summed E-state index contributed by atoms with van der Waals surface area (Å²) in [5.41, 5.74) is 0. The number of hydrogen-bond acceptors (Lipinski definition) is 4. The van der Waals surface area contributed by atoms with Gasteiger partial charge in [-0.25, -0.2) is 0 Å². The summed E-state index contributed by atoms with van der Waals surface area (Å²) in [5, 5.41) is 0.465. The van der Waals surface area contributed by atoms with Crippen LogP contribution in [0.2, 0.25) is 0 Å². The van der Waals surface area contributed by atoms with Crippen LogP contribution in [0.25, 0.3) is 0 Å². The van der Waals surface area contributed by atoms with Crippen LogP contribution in [0, 0.1) is 0 Å². The highest BCUT2D eigenvalue weighted by atomic mass is 32.1. The van der Waals surface area contributed by atoms with Gasteiger partial charge in [-0.3, -0.25) is 9.59 Å². The van der Waals surface area contributed by atoms with Crippen LogP contribution >= 0.6 is 11.3 Å². The maximum Gasteiger partial charge on any atom is 0.308 e. The fourth-order valence-electron chi connectivity index (χ4n) is 0.706. The molecule has 0 amide bonds. The number of esters is 1. The SMILES string of the molecule is CC(=O)Oc1ccc(C(C)=O)s1. The first-order chi connectivity index (χ1) is 5.59. The Balaban J connectivity index is 2.77. The average Bonchev–Trinajstić information content (AvgIpc) is 2.34. The fourth-order valence-corrected chi connectivity index (χ4v) is 1.50. The Bertz CT molecular complexity index is 314. The summed E-state index contributed by atoms with van der Waals surface area (Å²) in [6, 6.07) is 3.26. The van der Waals surface area contributed by atoms with Crippen molar-refractivity contribution in [1.82, 2.24) is 0 Å². The number of rotatable bonds is 2. The molecule has 0 atom stereocenters. The van der Waals surface area contributed by atoms with Crippen molar-refractivity contribution in [1.29, 1.82) is 0 Å². The third kappa shape index (κ3) is 2.17. The second kappa shape index (κ2) is 3.49. The number of hydrogen-bond donors (Lipinski definition) is 0. The molecule has 64 valence electrons. The van der Waals surface area contributed by atoms with Crippen LogP contribution in [-0.4, -0.2) is 11.8 Å². The minimum atomic E-state index is -0.369. The second-order valence-electron chi connectivity index (χ2n) is 2.27. The summed E-state index contributed by atoms with van der Waals surface area (Å²) >= 11 is 1.18. The molecule has 0 aromatic carbocycles. The third-order valence-electron chi connectivity index (χ3n) is 1.17. The highest BCUT2D eigenvalue weighted by Crippen LogP contribution is 2.24. The zero-order chi connectivity index (χ0) is 9.14. The summed E-state index contributed by atoms with van der Waals surface area (Å²) in [6.45, 7) is 2.80. The molecule has 0 aliphatic carbocycles. The topological polar surface area (TPSA) is 43.4 Å². The van der Waals surface area contributed by atoms with Gasteiger partial charge in [-0.05, 0) is 19.1 Å². The van der Waals surface area contributed by atoms with E-state index < -0.39 is 0 Å². The monoisotopic (exact) mass is 184 g/mol. The minimum absolute atomic E-state index is 0.0154. The van der Waals surface area contributed by atoms with E-state index in [1.165, 1.54) is 25.2 Å². The van der Waals surface area contributed by atoms with E-state index in [4.69, 9.17) is 4.74 Å². The van der Waals surface area contributed by atoms with E-state index in [2.05, 4.69) is 0 Å². The van der Waals surface area contributed by atoms with Gasteiger partial charge >= 0.3 is 5.97 Å². The molecule has 0 bridgehead atoms. The summed E-state index contributed by atoms with van der Waals surface area (Å²) in [6.07, 6.45) is 0. The van der Waals surface area contributed by atoms with Crippen LogP contribution in [0.1, 0.15) is 23.5 Å². The molecular weight excluding hydrogens is 176 g/mol. The lowest BCUT2D eigenvalue weighted by molar-refractivity contribution is -0.131. The number of ketones is 1. The lowest BCUT2D eigenvalue weighted by atomic mass is 10.4. The molecule has 1 aromatic heterocycles. The zero-order valence-electron chi connectivity index (χ0n) is 6.79. The van der Waals surface area contributed by atoms with Gasteiger partial charge in [0.15, 0.2) is 10.8 Å². The van der Waals surface area contributed by atoms with Crippen molar-refractivity contribution < 1.29 is 14.3 Å². The Hall–Kier alpha value is -1.16. The highest BCUT2D eigenvalue weighted by molar-refractivity contribution is 7.15. The van der Waals surface area contributed by atoms with Crippen molar-refractivity contribution in [2.75, 3.05) is 0 Å². The highest BCUT2D eigenvalue weighted by Gasteiger charge is 2.05. The van der Waals surface area contributed by atoms with Gasteiger partial charge in [-0.15, -0.1) is 0 Å². The summed E-state index contributed by atoms with van der Waals surface area (Å²) in [4.78, 5) is 21.9. The van der Waals surface area contributed by atoms with E-state index in [1.807, 2.05) is 0 Å². The summed E-state index contributed by atoms with van der Waals surface area (Å²) < 4.78 is 4.77. The Morgan fingerprint density at radius 1 is 1.33 bits per heavy atom. The first-order valence-corrected chi connectivity index (χ1v) is 4.20. The molecule has 0 N–H and O–H groups in total. The second-order valence-corrected chi connectivity index (χ2v) is 3.31. The van der Waals surface area contributed by atoms with Gasteiger partial charge in [0.2, 0.25) is 0 Å². The first kappa shape index (κ1) is 8.93. The van der Waals surface area contributed by atoms with Crippen LogP contribution in [0.4, 0.5) is 0 Å². The van der Waals surface area contributed by atoms with Crippen LogP contribution in [0.15, 0.2) is 12.1 Å². The van der Waals surface area contributed by atoms with Gasteiger partial charge in [0.05, 0.1) is 4.88 Å². The molecule has 0 saturated heterocycles. The Labute approximate surface area is 74.0 Å². The minimum Gasteiger partial charge on any atom is -0.416 e. The van der Waals surface area contributed by atoms with Crippen molar-refractivity contribution in [3.05, 3.63) is 17.0 Å². The molecule has 1 rings (SSSR count). The largest absolute Gasteiger partial charge is 0.416 e. The molecular formula is C8H8O3S. The van der Waals surface area contributed by atoms with E-state index >= 15 is 0 Å². The number of carbonyl (C=O) groups excluding carboxylic acids is 2. The molecule has 0 fully saturated rings. The predicted octanol–water partition coefficient (Wildman–Crippen LogP) is 1.88. The standard InChI is InChI=1S/C8H8O3S/c1-5(9)7-3-4-8(12-7)11-6(2)10/h3-4H,1-2H3. The van der Waals surface area contributed by atoms with Crippen LogP contribution in [0.3, 0.4) is 0 Å². The van der Waals surface area contributed by atoms with Crippen LogP contribution in [-0.2, 0) is 4.79 Å². The molecule has 0 aliphatic rings. The molecule has 0 aliphatic heterocycles. The van der Waals surface area contributed by atoms with Crippen molar-refractivity contribution >= 4 is 23.1 Å². The summed E-state index contributed by atoms with van der Waals surface area (Å²) in [5.74, 6) is -0.384. The maximum absolute atomic E-state index is 10.8. The van der Waals surface area contributed by atoms with Gasteiger partial charge in [0, 0.05) is 6.92 Å². The van der Waals surface area contributed by atoms with Crippen LogP contribution in [0.5, 0.6) is 5.06 Å². The number of thiophene rings is 1. The molecule has 1 aromatic rings. The molecule has 0 unspecified atom stereocenters. The molecule has 4 heteroatoms. The van der Waals surface area contributed by atoms with Gasteiger partial charge in [0.25, 0.3) is 0 Å². The predicted molar refractivity (Wildman–Crippen MR) is 45.6 cm³/mol. The lowest BCUT2D eigenvalue weighted by Crippen LogP contribution is -1.99. The number of Topliss-reactive ketones (excluding diaryl/α,β-unsaturated/α-hetero) is 1. The Kier molecular flexibility index (Phi) is 2.60. The maximum atomic E-state index is 10.8. The molecule has 0 saturated carbocycles.